The fourth-order valence-corrected chi connectivity index (χ4v) is 2.88. The molecular formula is C16H24O2. The fourth-order valence-electron chi connectivity index (χ4n) is 2.88. The largest absolute Gasteiger partial charge is 0.432 e. The molecule has 1 aliphatic carbocycles. The molecule has 0 saturated carbocycles. The lowest BCUT2D eigenvalue weighted by molar-refractivity contribution is -0.137. The lowest BCUT2D eigenvalue weighted by Crippen LogP contribution is -2.32. The molecule has 0 saturated heterocycles. The molecule has 18 heavy (non-hydrogen) atoms. The van der Waals surface area contributed by atoms with Gasteiger partial charge < -0.3 is 4.74 Å². The Kier molecular flexibility index (Phi) is 4.94. The number of ether oxygens (including phenoxy) is 1. The second-order valence-corrected chi connectivity index (χ2v) is 5.56. The smallest absolute Gasteiger partial charge is 0.307 e. The lowest BCUT2D eigenvalue weighted by atomic mass is 9.64. The highest BCUT2D eigenvalue weighted by Gasteiger charge is 2.37. The van der Waals surface area contributed by atoms with Gasteiger partial charge in [-0.15, -0.1) is 6.58 Å². The maximum Gasteiger partial charge on any atom is 0.307 e. The van der Waals surface area contributed by atoms with Crippen molar-refractivity contribution in [1.29, 1.82) is 0 Å². The Hall–Kier alpha value is -1.31. The molecule has 100 valence electrons. The Morgan fingerprint density at radius 1 is 1.61 bits per heavy atom. The maximum atomic E-state index is 11.1. The molecule has 0 bridgehead atoms. The summed E-state index contributed by atoms with van der Waals surface area (Å²) in [7, 11) is 0. The van der Waals surface area contributed by atoms with Crippen molar-refractivity contribution >= 4 is 5.97 Å². The van der Waals surface area contributed by atoms with Crippen molar-refractivity contribution in [2.75, 3.05) is 0 Å². The Bertz CT molecular complexity index is 379. The fraction of sp³-hybridized carbons (Fsp3) is 0.562. The first-order valence-electron chi connectivity index (χ1n) is 6.53. The van der Waals surface area contributed by atoms with Crippen molar-refractivity contribution in [3.63, 3.8) is 0 Å². The maximum absolute atomic E-state index is 11.1. The van der Waals surface area contributed by atoms with E-state index in [0.29, 0.717) is 5.92 Å². The van der Waals surface area contributed by atoms with Gasteiger partial charge in [0.1, 0.15) is 5.76 Å². The van der Waals surface area contributed by atoms with Gasteiger partial charge in [-0.2, -0.15) is 0 Å². The molecule has 0 aromatic rings. The standard InChI is InChI=1S/C16H24O2/c1-6-7-10-16(5)11-14(18-13(4)17)8-9-15(16)12(2)3/h6,8,15H,1-2,7,9-11H2,3-5H3/t15-,16-/m1/s1. The molecule has 2 atom stereocenters. The first-order valence-corrected chi connectivity index (χ1v) is 6.53. The van der Waals surface area contributed by atoms with E-state index in [2.05, 4.69) is 27.0 Å². The number of hydrogen-bond donors (Lipinski definition) is 0. The van der Waals surface area contributed by atoms with Crippen LogP contribution in [0.4, 0.5) is 0 Å². The van der Waals surface area contributed by atoms with Crippen molar-refractivity contribution in [1.82, 2.24) is 0 Å². The minimum Gasteiger partial charge on any atom is -0.432 e. The van der Waals surface area contributed by atoms with Gasteiger partial charge in [0.05, 0.1) is 0 Å². The van der Waals surface area contributed by atoms with Crippen molar-refractivity contribution in [3.05, 3.63) is 36.6 Å². The van der Waals surface area contributed by atoms with Gasteiger partial charge in [0, 0.05) is 13.3 Å². The number of esters is 1. The van der Waals surface area contributed by atoms with Crippen LogP contribution >= 0.6 is 0 Å². The molecule has 0 unspecified atom stereocenters. The summed E-state index contributed by atoms with van der Waals surface area (Å²) in [5.41, 5.74) is 1.32. The van der Waals surface area contributed by atoms with Crippen LogP contribution in [-0.2, 0) is 9.53 Å². The van der Waals surface area contributed by atoms with Gasteiger partial charge in [-0.1, -0.05) is 25.2 Å². The van der Waals surface area contributed by atoms with Crippen molar-refractivity contribution < 1.29 is 9.53 Å². The van der Waals surface area contributed by atoms with E-state index in [-0.39, 0.29) is 11.4 Å². The number of carbonyl (C=O) groups excluding carboxylic acids is 1. The van der Waals surface area contributed by atoms with Crippen LogP contribution in [0.3, 0.4) is 0 Å². The minimum absolute atomic E-state index is 0.111. The third kappa shape index (κ3) is 3.59. The second kappa shape index (κ2) is 6.03. The highest BCUT2D eigenvalue weighted by molar-refractivity contribution is 5.67. The van der Waals surface area contributed by atoms with Gasteiger partial charge in [0.25, 0.3) is 0 Å². The van der Waals surface area contributed by atoms with E-state index in [0.717, 1.165) is 31.4 Å². The molecule has 0 aliphatic heterocycles. The van der Waals surface area contributed by atoms with Crippen LogP contribution < -0.4 is 0 Å². The van der Waals surface area contributed by atoms with Crippen LogP contribution in [0.1, 0.15) is 46.5 Å². The Morgan fingerprint density at radius 2 is 2.28 bits per heavy atom. The van der Waals surface area contributed by atoms with E-state index in [9.17, 15) is 4.79 Å². The minimum atomic E-state index is -0.235. The van der Waals surface area contributed by atoms with E-state index in [1.54, 1.807) is 0 Å². The molecule has 0 heterocycles. The Morgan fingerprint density at radius 3 is 2.78 bits per heavy atom. The zero-order valence-corrected chi connectivity index (χ0v) is 11.8. The van der Waals surface area contributed by atoms with Crippen LogP contribution in [0, 0.1) is 11.3 Å². The monoisotopic (exact) mass is 248 g/mol. The average molecular weight is 248 g/mol. The first kappa shape index (κ1) is 14.7. The van der Waals surface area contributed by atoms with Crippen LogP contribution in [0.5, 0.6) is 0 Å². The Balaban J connectivity index is 2.88. The molecule has 0 fully saturated rings. The zero-order chi connectivity index (χ0) is 13.8. The van der Waals surface area contributed by atoms with E-state index in [4.69, 9.17) is 4.74 Å². The molecule has 0 N–H and O–H groups in total. The topological polar surface area (TPSA) is 26.3 Å². The van der Waals surface area contributed by atoms with Crippen molar-refractivity contribution in [2.45, 2.75) is 46.5 Å². The van der Waals surface area contributed by atoms with Crippen LogP contribution in [0.2, 0.25) is 0 Å². The molecule has 2 nitrogen and oxygen atoms in total. The normalized spacial score (nSPS) is 27.3. The van der Waals surface area contributed by atoms with Gasteiger partial charge in [-0.25, -0.2) is 0 Å². The third-order valence-electron chi connectivity index (χ3n) is 3.79. The van der Waals surface area contributed by atoms with E-state index >= 15 is 0 Å². The Labute approximate surface area is 110 Å². The number of allylic oxidation sites excluding steroid dienone is 4. The van der Waals surface area contributed by atoms with Gasteiger partial charge in [0.15, 0.2) is 0 Å². The van der Waals surface area contributed by atoms with Gasteiger partial charge in [-0.05, 0) is 43.6 Å². The zero-order valence-electron chi connectivity index (χ0n) is 11.8. The number of rotatable bonds is 5. The summed E-state index contributed by atoms with van der Waals surface area (Å²) in [6.45, 7) is 13.7. The lowest BCUT2D eigenvalue weighted by Gasteiger charge is -2.41. The quantitative estimate of drug-likeness (QED) is 0.532. The van der Waals surface area contributed by atoms with Gasteiger partial charge in [0.2, 0.25) is 0 Å². The first-order chi connectivity index (χ1) is 8.39. The summed E-state index contributed by atoms with van der Waals surface area (Å²) >= 11 is 0. The van der Waals surface area contributed by atoms with Gasteiger partial charge in [-0.3, -0.25) is 4.79 Å². The third-order valence-corrected chi connectivity index (χ3v) is 3.79. The molecule has 1 rings (SSSR count). The molecule has 0 aromatic heterocycles. The van der Waals surface area contributed by atoms with Crippen LogP contribution in [-0.4, -0.2) is 5.97 Å². The average Bonchev–Trinajstić information content (AvgIpc) is 2.25. The van der Waals surface area contributed by atoms with Crippen LogP contribution in [0.25, 0.3) is 0 Å². The highest BCUT2D eigenvalue weighted by Crippen LogP contribution is 2.47. The van der Waals surface area contributed by atoms with Gasteiger partial charge >= 0.3 is 5.97 Å². The summed E-state index contributed by atoms with van der Waals surface area (Å²) in [4.78, 5) is 11.1. The number of carbonyl (C=O) groups is 1. The summed E-state index contributed by atoms with van der Waals surface area (Å²) in [6, 6.07) is 0. The van der Waals surface area contributed by atoms with Crippen LogP contribution in [0.15, 0.2) is 36.6 Å². The SMILES string of the molecule is C=CCC[C@]1(C)CC(OC(C)=O)=CC[C@@H]1C(=C)C. The van der Waals surface area contributed by atoms with Crippen molar-refractivity contribution in [2.24, 2.45) is 11.3 Å². The molecule has 0 spiro atoms. The molecule has 0 amide bonds. The van der Waals surface area contributed by atoms with E-state index < -0.39 is 0 Å². The number of hydrogen-bond acceptors (Lipinski definition) is 2. The molecule has 0 radical (unpaired) electrons. The summed E-state index contributed by atoms with van der Waals surface area (Å²) in [6.07, 6.45) is 7.73. The molecular weight excluding hydrogens is 224 g/mol. The molecule has 0 aromatic carbocycles. The molecule has 2 heteroatoms. The molecule has 1 aliphatic rings. The van der Waals surface area contributed by atoms with E-state index in [1.165, 1.54) is 12.5 Å². The van der Waals surface area contributed by atoms with Crippen molar-refractivity contribution in [3.8, 4) is 0 Å². The van der Waals surface area contributed by atoms with E-state index in [1.807, 2.05) is 12.2 Å². The summed E-state index contributed by atoms with van der Waals surface area (Å²) in [5.74, 6) is 1.03. The summed E-state index contributed by atoms with van der Waals surface area (Å²) < 4.78 is 5.26. The summed E-state index contributed by atoms with van der Waals surface area (Å²) in [5, 5.41) is 0. The predicted molar refractivity (Wildman–Crippen MR) is 74.9 cm³/mol. The highest BCUT2D eigenvalue weighted by atomic mass is 16.5. The second-order valence-electron chi connectivity index (χ2n) is 5.56. The predicted octanol–water partition coefficient (Wildman–Crippen LogP) is 4.39.